The Hall–Kier alpha value is -0.650. The minimum atomic E-state index is -0.446. The summed E-state index contributed by atoms with van der Waals surface area (Å²) in [5.74, 6) is -0.446. The van der Waals surface area contributed by atoms with Gasteiger partial charge in [-0.3, -0.25) is 9.63 Å². The van der Waals surface area contributed by atoms with E-state index in [1.807, 2.05) is 6.92 Å². The number of rotatable bonds is 6. The molecule has 2 fully saturated rings. The second-order valence-corrected chi connectivity index (χ2v) is 5.05. The molecule has 5 nitrogen and oxygen atoms in total. The first-order chi connectivity index (χ1) is 8.19. The second-order valence-electron chi connectivity index (χ2n) is 5.05. The van der Waals surface area contributed by atoms with Crippen LogP contribution in [0.1, 0.15) is 39.0 Å². The van der Waals surface area contributed by atoms with E-state index in [0.717, 1.165) is 13.0 Å². The van der Waals surface area contributed by atoms with E-state index in [1.54, 1.807) is 0 Å². The highest BCUT2D eigenvalue weighted by atomic mass is 16.6. The van der Waals surface area contributed by atoms with Gasteiger partial charge in [0.25, 0.3) is 0 Å². The Morgan fingerprint density at radius 3 is 2.76 bits per heavy atom. The van der Waals surface area contributed by atoms with Crippen molar-refractivity contribution in [2.75, 3.05) is 13.2 Å². The summed E-state index contributed by atoms with van der Waals surface area (Å²) in [5, 5.41) is 0. The first-order valence-electron chi connectivity index (χ1n) is 6.46. The highest BCUT2D eigenvalue weighted by Crippen LogP contribution is 2.54. The summed E-state index contributed by atoms with van der Waals surface area (Å²) in [6.07, 6.45) is 6.22. The number of carbonyl (C=O) groups is 1. The third-order valence-electron chi connectivity index (χ3n) is 4.13. The molecule has 1 spiro atoms. The van der Waals surface area contributed by atoms with Crippen LogP contribution in [0.25, 0.3) is 0 Å². The molecule has 2 saturated carbocycles. The lowest BCUT2D eigenvalue weighted by atomic mass is 9.61. The van der Waals surface area contributed by atoms with Crippen LogP contribution in [0, 0.1) is 5.41 Å². The minimum absolute atomic E-state index is 0.0636. The van der Waals surface area contributed by atoms with Gasteiger partial charge >= 0.3 is 0 Å². The topological polar surface area (TPSA) is 73.6 Å². The number of hydroxylamine groups is 1. The molecule has 3 N–H and O–H groups in total. The average molecular weight is 242 g/mol. The van der Waals surface area contributed by atoms with Crippen LogP contribution in [-0.4, -0.2) is 31.3 Å². The highest BCUT2D eigenvalue weighted by molar-refractivity contribution is 5.74. The molecule has 0 aromatic rings. The van der Waals surface area contributed by atoms with Crippen LogP contribution < -0.4 is 11.2 Å². The maximum atomic E-state index is 10.6. The molecule has 0 aromatic heterocycles. The molecule has 98 valence electrons. The first-order valence-corrected chi connectivity index (χ1v) is 6.46. The molecule has 0 radical (unpaired) electrons. The van der Waals surface area contributed by atoms with Crippen LogP contribution in [0.15, 0.2) is 0 Å². The lowest BCUT2D eigenvalue weighted by Crippen LogP contribution is -2.62. The van der Waals surface area contributed by atoms with Crippen molar-refractivity contribution < 1.29 is 14.4 Å². The van der Waals surface area contributed by atoms with Gasteiger partial charge in [-0.1, -0.05) is 12.8 Å². The Bertz CT molecular complexity index is 277. The van der Waals surface area contributed by atoms with E-state index < -0.39 is 5.91 Å². The van der Waals surface area contributed by atoms with Gasteiger partial charge in [-0.25, -0.2) is 0 Å². The maximum Gasteiger partial charge on any atom is 0.245 e. The van der Waals surface area contributed by atoms with Gasteiger partial charge in [0, 0.05) is 18.1 Å². The Labute approximate surface area is 102 Å². The van der Waals surface area contributed by atoms with Gasteiger partial charge in [0.1, 0.15) is 6.61 Å². The number of carbonyl (C=O) groups excluding carboxylic acids is 1. The number of amides is 1. The molecular formula is C12H22N2O3. The summed E-state index contributed by atoms with van der Waals surface area (Å²) in [5.41, 5.74) is 8.25. The van der Waals surface area contributed by atoms with E-state index in [9.17, 15) is 4.79 Å². The Morgan fingerprint density at radius 1 is 1.47 bits per heavy atom. The molecule has 0 bridgehead atoms. The van der Waals surface area contributed by atoms with Crippen molar-refractivity contribution in [3.8, 4) is 0 Å². The fraction of sp³-hybridized carbons (Fsp3) is 0.917. The Balaban J connectivity index is 1.84. The lowest BCUT2D eigenvalue weighted by Gasteiger charge is -2.53. The van der Waals surface area contributed by atoms with Gasteiger partial charge in [-0.15, -0.1) is 0 Å². The molecule has 0 saturated heterocycles. The summed E-state index contributed by atoms with van der Waals surface area (Å²) in [4.78, 5) is 15.7. The normalized spacial score (nSPS) is 30.4. The van der Waals surface area contributed by atoms with Crippen LogP contribution in [0.2, 0.25) is 0 Å². The molecule has 2 rings (SSSR count). The number of nitrogens with one attached hydrogen (secondary N) is 1. The molecule has 1 amide bonds. The van der Waals surface area contributed by atoms with Crippen molar-refractivity contribution in [3.05, 3.63) is 0 Å². The number of ether oxygens (including phenoxy) is 1. The van der Waals surface area contributed by atoms with Gasteiger partial charge in [0.05, 0.1) is 6.10 Å². The van der Waals surface area contributed by atoms with E-state index >= 15 is 0 Å². The molecule has 0 aliphatic heterocycles. The van der Waals surface area contributed by atoms with Crippen molar-refractivity contribution in [1.82, 2.24) is 5.48 Å². The van der Waals surface area contributed by atoms with Crippen molar-refractivity contribution in [1.29, 1.82) is 0 Å². The Kier molecular flexibility index (Phi) is 4.01. The molecule has 17 heavy (non-hydrogen) atoms. The van der Waals surface area contributed by atoms with E-state index in [1.165, 1.54) is 25.7 Å². The number of hydrogen-bond acceptors (Lipinski definition) is 4. The lowest BCUT2D eigenvalue weighted by molar-refractivity contribution is -0.170. The monoisotopic (exact) mass is 242 g/mol. The molecule has 0 aromatic carbocycles. The second kappa shape index (κ2) is 5.33. The van der Waals surface area contributed by atoms with Crippen LogP contribution in [-0.2, 0) is 14.4 Å². The summed E-state index contributed by atoms with van der Waals surface area (Å²) in [6, 6.07) is 0.306. The standard InChI is InChI=1S/C12H22N2O3/c1-2-16-10-7-9(14-17-8-11(13)15)12(10)5-3-4-6-12/h9-10,14H,2-8H2,1H3,(H2,13,15). The predicted molar refractivity (Wildman–Crippen MR) is 63.0 cm³/mol. The van der Waals surface area contributed by atoms with Crippen molar-refractivity contribution in [3.63, 3.8) is 0 Å². The van der Waals surface area contributed by atoms with Gasteiger partial charge in [-0.2, -0.15) is 5.48 Å². The largest absolute Gasteiger partial charge is 0.378 e. The number of nitrogens with two attached hydrogens (primary N) is 1. The van der Waals surface area contributed by atoms with Crippen molar-refractivity contribution >= 4 is 5.91 Å². The highest BCUT2D eigenvalue weighted by Gasteiger charge is 2.56. The molecule has 2 aliphatic carbocycles. The number of primary amides is 1. The van der Waals surface area contributed by atoms with Crippen LogP contribution in [0.5, 0.6) is 0 Å². The molecule has 2 unspecified atom stereocenters. The number of hydrogen-bond donors (Lipinski definition) is 2. The fourth-order valence-corrected chi connectivity index (χ4v) is 3.27. The zero-order chi connectivity index (χ0) is 12.3. The van der Waals surface area contributed by atoms with Gasteiger partial charge in [0.2, 0.25) is 5.91 Å². The first kappa shape index (κ1) is 12.8. The summed E-state index contributed by atoms with van der Waals surface area (Å²) in [6.45, 7) is 2.74. The summed E-state index contributed by atoms with van der Waals surface area (Å²) >= 11 is 0. The van der Waals surface area contributed by atoms with Gasteiger partial charge < -0.3 is 10.5 Å². The SMILES string of the molecule is CCOC1CC(NOCC(N)=O)C12CCCC2. The third-order valence-corrected chi connectivity index (χ3v) is 4.13. The van der Waals surface area contributed by atoms with Gasteiger partial charge in [0.15, 0.2) is 0 Å². The van der Waals surface area contributed by atoms with Crippen LogP contribution in [0.3, 0.4) is 0 Å². The quantitative estimate of drug-likeness (QED) is 0.673. The fourth-order valence-electron chi connectivity index (χ4n) is 3.27. The van der Waals surface area contributed by atoms with E-state index in [0.29, 0.717) is 12.1 Å². The van der Waals surface area contributed by atoms with Crippen molar-refractivity contribution in [2.24, 2.45) is 11.1 Å². The van der Waals surface area contributed by atoms with Gasteiger partial charge in [-0.05, 0) is 26.2 Å². The molecular weight excluding hydrogens is 220 g/mol. The zero-order valence-corrected chi connectivity index (χ0v) is 10.4. The summed E-state index contributed by atoms with van der Waals surface area (Å²) in [7, 11) is 0. The minimum Gasteiger partial charge on any atom is -0.378 e. The molecule has 2 atom stereocenters. The van der Waals surface area contributed by atoms with E-state index in [2.05, 4.69) is 5.48 Å². The zero-order valence-electron chi connectivity index (χ0n) is 10.4. The maximum absolute atomic E-state index is 10.6. The molecule has 0 heterocycles. The summed E-state index contributed by atoms with van der Waals surface area (Å²) < 4.78 is 5.79. The molecule has 2 aliphatic rings. The van der Waals surface area contributed by atoms with E-state index in [4.69, 9.17) is 15.3 Å². The van der Waals surface area contributed by atoms with E-state index in [-0.39, 0.29) is 12.0 Å². The predicted octanol–water partition coefficient (Wildman–Crippen LogP) is 0.731. The van der Waals surface area contributed by atoms with Crippen LogP contribution in [0.4, 0.5) is 0 Å². The average Bonchev–Trinajstić information content (AvgIpc) is 2.78. The third kappa shape index (κ3) is 2.46. The molecule has 5 heteroatoms. The van der Waals surface area contributed by atoms with Crippen LogP contribution >= 0.6 is 0 Å². The van der Waals surface area contributed by atoms with Crippen molar-refractivity contribution in [2.45, 2.75) is 51.2 Å². The Morgan fingerprint density at radius 2 is 2.18 bits per heavy atom. The smallest absolute Gasteiger partial charge is 0.245 e.